The van der Waals surface area contributed by atoms with Gasteiger partial charge in [0.1, 0.15) is 0 Å². The van der Waals surface area contributed by atoms with Crippen molar-refractivity contribution in [3.05, 3.63) is 53.5 Å². The van der Waals surface area contributed by atoms with E-state index in [2.05, 4.69) is 21.5 Å². The zero-order valence-corrected chi connectivity index (χ0v) is 14.8. The Balaban J connectivity index is 2.03. The highest BCUT2D eigenvalue weighted by Crippen LogP contribution is 2.18. The van der Waals surface area contributed by atoms with Gasteiger partial charge >= 0.3 is 5.91 Å². The minimum Gasteiger partial charge on any atom is -0.459 e. The van der Waals surface area contributed by atoms with Crippen LogP contribution in [0.5, 0.6) is 0 Å². The minimum atomic E-state index is -0.388. The Bertz CT molecular complexity index is 681. The number of rotatable bonds is 8. The predicted octanol–water partition coefficient (Wildman–Crippen LogP) is 3.64. The number of furan rings is 1. The lowest BCUT2D eigenvalue weighted by Gasteiger charge is -2.23. The molecule has 0 bridgehead atoms. The SMILES string of the molecule is Cc1cc(N(CCCl)CCCl)ccc1/C=N/NC(=O)c1ccco1. The van der Waals surface area contributed by atoms with Gasteiger partial charge in [-0.25, -0.2) is 5.43 Å². The smallest absolute Gasteiger partial charge is 0.307 e. The van der Waals surface area contributed by atoms with Crippen molar-refractivity contribution in [2.45, 2.75) is 6.92 Å². The maximum atomic E-state index is 11.7. The predicted molar refractivity (Wildman–Crippen MR) is 98.6 cm³/mol. The summed E-state index contributed by atoms with van der Waals surface area (Å²) in [5, 5.41) is 3.97. The van der Waals surface area contributed by atoms with Crippen LogP contribution in [0.1, 0.15) is 21.7 Å². The van der Waals surface area contributed by atoms with E-state index in [9.17, 15) is 4.79 Å². The number of alkyl halides is 2. The summed E-state index contributed by atoms with van der Waals surface area (Å²) in [6, 6.07) is 9.21. The molecule has 0 spiro atoms. The van der Waals surface area contributed by atoms with Gasteiger partial charge in [0.05, 0.1) is 12.5 Å². The van der Waals surface area contributed by atoms with E-state index in [4.69, 9.17) is 27.6 Å². The number of nitrogens with one attached hydrogen (secondary N) is 1. The summed E-state index contributed by atoms with van der Waals surface area (Å²) in [5.41, 5.74) is 5.44. The molecular formula is C17H19Cl2N3O2. The first-order chi connectivity index (χ1) is 11.7. The van der Waals surface area contributed by atoms with E-state index in [0.29, 0.717) is 11.8 Å². The van der Waals surface area contributed by atoms with E-state index < -0.39 is 0 Å². The zero-order chi connectivity index (χ0) is 17.4. The van der Waals surface area contributed by atoms with E-state index in [1.54, 1.807) is 18.3 Å². The molecule has 0 atom stereocenters. The van der Waals surface area contributed by atoms with Gasteiger partial charge in [0, 0.05) is 30.5 Å². The summed E-state index contributed by atoms with van der Waals surface area (Å²) in [6.07, 6.45) is 3.04. The van der Waals surface area contributed by atoms with E-state index in [1.807, 2.05) is 19.1 Å². The monoisotopic (exact) mass is 367 g/mol. The summed E-state index contributed by atoms with van der Waals surface area (Å²) >= 11 is 11.7. The van der Waals surface area contributed by atoms with Crippen molar-refractivity contribution < 1.29 is 9.21 Å². The van der Waals surface area contributed by atoms with Gasteiger partial charge in [-0.05, 0) is 42.3 Å². The maximum Gasteiger partial charge on any atom is 0.307 e. The van der Waals surface area contributed by atoms with Gasteiger partial charge < -0.3 is 9.32 Å². The largest absolute Gasteiger partial charge is 0.459 e. The Morgan fingerprint density at radius 2 is 2.04 bits per heavy atom. The van der Waals surface area contributed by atoms with Gasteiger partial charge in [-0.1, -0.05) is 6.07 Å². The Morgan fingerprint density at radius 3 is 2.62 bits per heavy atom. The molecule has 0 aliphatic carbocycles. The van der Waals surface area contributed by atoms with Gasteiger partial charge in [-0.15, -0.1) is 23.2 Å². The number of hydrogen-bond acceptors (Lipinski definition) is 4. The summed E-state index contributed by atoms with van der Waals surface area (Å²) < 4.78 is 5.00. The van der Waals surface area contributed by atoms with Crippen LogP contribution in [-0.4, -0.2) is 37.0 Å². The normalized spacial score (nSPS) is 11.0. The summed E-state index contributed by atoms with van der Waals surface area (Å²) in [4.78, 5) is 13.8. The molecular weight excluding hydrogens is 349 g/mol. The van der Waals surface area contributed by atoms with Crippen molar-refractivity contribution in [1.82, 2.24) is 5.43 Å². The zero-order valence-electron chi connectivity index (χ0n) is 13.3. The molecule has 2 rings (SSSR count). The summed E-state index contributed by atoms with van der Waals surface area (Å²) in [7, 11) is 0. The number of aryl methyl sites for hydroxylation is 1. The third-order valence-electron chi connectivity index (χ3n) is 3.44. The standard InChI is InChI=1S/C17H19Cl2N3O2/c1-13-11-15(22(8-6-18)9-7-19)5-4-14(13)12-20-21-17(23)16-3-2-10-24-16/h2-5,10-12H,6-9H2,1H3,(H,21,23)/b20-12+. The van der Waals surface area contributed by atoms with Crippen LogP contribution in [0.15, 0.2) is 46.1 Å². The van der Waals surface area contributed by atoms with Crippen molar-refractivity contribution in [2.75, 3.05) is 29.7 Å². The molecule has 0 aliphatic rings. The Morgan fingerprint density at radius 1 is 1.29 bits per heavy atom. The Hall–Kier alpha value is -1.98. The highest BCUT2D eigenvalue weighted by Gasteiger charge is 2.08. The molecule has 0 aliphatic heterocycles. The molecule has 1 aromatic carbocycles. The molecule has 0 fully saturated rings. The summed E-state index contributed by atoms with van der Waals surface area (Å²) in [6.45, 7) is 3.46. The Kier molecular flexibility index (Phi) is 7.15. The fourth-order valence-corrected chi connectivity index (χ4v) is 2.61. The van der Waals surface area contributed by atoms with Crippen LogP contribution in [0.2, 0.25) is 0 Å². The first-order valence-electron chi connectivity index (χ1n) is 7.50. The molecule has 0 saturated heterocycles. The van der Waals surface area contributed by atoms with Crippen molar-refractivity contribution in [1.29, 1.82) is 0 Å². The topological polar surface area (TPSA) is 57.8 Å². The average molecular weight is 368 g/mol. The third-order valence-corrected chi connectivity index (χ3v) is 3.78. The fourth-order valence-electron chi connectivity index (χ4n) is 2.20. The number of hydrazone groups is 1. The quantitative estimate of drug-likeness (QED) is 0.440. The van der Waals surface area contributed by atoms with Crippen LogP contribution in [-0.2, 0) is 0 Å². The van der Waals surface area contributed by atoms with Crippen LogP contribution in [0, 0.1) is 6.92 Å². The second-order valence-corrected chi connectivity index (χ2v) is 5.84. The molecule has 1 N–H and O–H groups in total. The molecule has 1 amide bonds. The average Bonchev–Trinajstić information content (AvgIpc) is 3.10. The van der Waals surface area contributed by atoms with Crippen molar-refractivity contribution >= 4 is 41.0 Å². The number of anilines is 1. The molecule has 0 radical (unpaired) electrons. The first kappa shape index (κ1) is 18.4. The van der Waals surface area contributed by atoms with Gasteiger partial charge in [-0.2, -0.15) is 5.10 Å². The minimum absolute atomic E-state index is 0.219. The number of carbonyl (C=O) groups is 1. The molecule has 1 heterocycles. The molecule has 7 heteroatoms. The maximum absolute atomic E-state index is 11.7. The first-order valence-corrected chi connectivity index (χ1v) is 8.57. The van der Waals surface area contributed by atoms with E-state index in [0.717, 1.165) is 29.9 Å². The molecule has 1 aromatic heterocycles. The Labute approximate surface area is 151 Å². The number of carbonyl (C=O) groups excluding carboxylic acids is 1. The van der Waals surface area contributed by atoms with E-state index in [-0.39, 0.29) is 11.7 Å². The summed E-state index contributed by atoms with van der Waals surface area (Å²) in [5.74, 6) is 0.911. The number of benzene rings is 1. The molecule has 0 unspecified atom stereocenters. The van der Waals surface area contributed by atoms with Crippen molar-refractivity contribution in [2.24, 2.45) is 5.10 Å². The third kappa shape index (κ3) is 5.01. The molecule has 0 saturated carbocycles. The number of hydrogen-bond donors (Lipinski definition) is 1. The highest BCUT2D eigenvalue weighted by atomic mass is 35.5. The van der Waals surface area contributed by atoms with Gasteiger partial charge in [0.25, 0.3) is 0 Å². The van der Waals surface area contributed by atoms with Gasteiger partial charge in [-0.3, -0.25) is 4.79 Å². The van der Waals surface area contributed by atoms with Crippen LogP contribution in [0.3, 0.4) is 0 Å². The molecule has 2 aromatic rings. The molecule has 24 heavy (non-hydrogen) atoms. The lowest BCUT2D eigenvalue weighted by Crippen LogP contribution is -2.27. The molecule has 128 valence electrons. The second kappa shape index (κ2) is 9.35. The molecule has 5 nitrogen and oxygen atoms in total. The number of amides is 1. The number of nitrogens with zero attached hydrogens (tertiary/aromatic N) is 2. The second-order valence-electron chi connectivity index (χ2n) is 5.08. The fraction of sp³-hybridized carbons (Fsp3) is 0.294. The van der Waals surface area contributed by atoms with E-state index in [1.165, 1.54) is 6.26 Å². The lowest BCUT2D eigenvalue weighted by molar-refractivity contribution is 0.0927. The van der Waals surface area contributed by atoms with Crippen LogP contribution >= 0.6 is 23.2 Å². The highest BCUT2D eigenvalue weighted by molar-refractivity contribution is 6.18. The number of halogens is 2. The lowest BCUT2D eigenvalue weighted by atomic mass is 10.1. The van der Waals surface area contributed by atoms with Crippen LogP contribution in [0.4, 0.5) is 5.69 Å². The van der Waals surface area contributed by atoms with Crippen molar-refractivity contribution in [3.8, 4) is 0 Å². The van der Waals surface area contributed by atoms with Crippen LogP contribution in [0.25, 0.3) is 0 Å². The van der Waals surface area contributed by atoms with Gasteiger partial charge in [0.15, 0.2) is 5.76 Å². The van der Waals surface area contributed by atoms with E-state index >= 15 is 0 Å². The van der Waals surface area contributed by atoms with Crippen LogP contribution < -0.4 is 10.3 Å². The van der Waals surface area contributed by atoms with Crippen molar-refractivity contribution in [3.63, 3.8) is 0 Å². The van der Waals surface area contributed by atoms with Gasteiger partial charge in [0.2, 0.25) is 0 Å².